The van der Waals surface area contributed by atoms with Crippen LogP contribution in [0.2, 0.25) is 0 Å². The molecule has 0 saturated heterocycles. The molecule has 2 aliphatic rings. The first-order valence-electron chi connectivity index (χ1n) is 11.8. The Labute approximate surface area is 205 Å². The van der Waals surface area contributed by atoms with Crippen LogP contribution in [0.15, 0.2) is 42.5 Å². The smallest absolute Gasteiger partial charge is 0.257 e. The summed E-state index contributed by atoms with van der Waals surface area (Å²) in [6.45, 7) is 3.04. The molecule has 0 bridgehead atoms. The van der Waals surface area contributed by atoms with Gasteiger partial charge in [-0.2, -0.15) is 0 Å². The normalized spacial score (nSPS) is 16.2. The van der Waals surface area contributed by atoms with Crippen molar-refractivity contribution in [3.8, 4) is 5.75 Å². The van der Waals surface area contributed by atoms with E-state index in [0.29, 0.717) is 36.6 Å². The maximum Gasteiger partial charge on any atom is 0.257 e. The number of nitrogens with zero attached hydrogens (tertiary/aromatic N) is 1. The monoisotopic (exact) mass is 501 g/mol. The Bertz CT molecular complexity index is 1200. The quantitative estimate of drug-likeness (QED) is 0.341. The number of carbonyl (C=O) groups excluding carboxylic acids is 2. The number of fused-ring (bicyclic) bond motifs is 1. The van der Waals surface area contributed by atoms with E-state index in [4.69, 9.17) is 9.47 Å². The second-order valence-electron chi connectivity index (χ2n) is 8.83. The molecule has 0 spiro atoms. The lowest BCUT2D eigenvalue weighted by Gasteiger charge is -2.29. The molecule has 1 heterocycles. The zero-order chi connectivity index (χ0) is 25.0. The number of sulfonamides is 1. The van der Waals surface area contributed by atoms with Crippen LogP contribution in [-0.4, -0.2) is 51.3 Å². The summed E-state index contributed by atoms with van der Waals surface area (Å²) in [5, 5.41) is 2.92. The van der Waals surface area contributed by atoms with Crippen molar-refractivity contribution in [1.29, 1.82) is 0 Å². The van der Waals surface area contributed by atoms with E-state index >= 15 is 0 Å². The number of ether oxygens (including phenoxy) is 2. The van der Waals surface area contributed by atoms with E-state index in [1.807, 2.05) is 37.3 Å². The van der Waals surface area contributed by atoms with E-state index in [9.17, 15) is 18.0 Å². The van der Waals surface area contributed by atoms with E-state index < -0.39 is 16.1 Å². The van der Waals surface area contributed by atoms with Crippen LogP contribution in [0.5, 0.6) is 5.75 Å². The van der Waals surface area contributed by atoms with Crippen molar-refractivity contribution in [2.75, 3.05) is 31.5 Å². The fraction of sp³-hybridized carbons (Fsp3) is 0.440. The highest BCUT2D eigenvalue weighted by Gasteiger charge is 2.37. The highest BCUT2D eigenvalue weighted by atomic mass is 32.2. The average molecular weight is 502 g/mol. The molecule has 188 valence electrons. The second kappa shape index (κ2) is 10.8. The van der Waals surface area contributed by atoms with Gasteiger partial charge in [0.1, 0.15) is 5.75 Å². The van der Waals surface area contributed by atoms with Crippen LogP contribution in [0, 0.1) is 5.92 Å². The molecule has 9 nitrogen and oxygen atoms in total. The third kappa shape index (κ3) is 6.39. The molecule has 2 aromatic carbocycles. The molecule has 0 radical (unpaired) electrons. The first kappa shape index (κ1) is 25.2. The average Bonchev–Trinajstić information content (AvgIpc) is 3.61. The molecule has 35 heavy (non-hydrogen) atoms. The standard InChI is InChI=1S/C25H31N3O6S/c1-3-33-16-34-20-8-4-6-18(14-20)22(12-13-26-35(2,31)32)28-15-19-7-5-9-21(23(19)25(28)30)27-24(29)17-10-11-17/h4-9,14,17,22,26H,3,10-13,15-16H2,1-2H3,(H,27,29)/t22-/m1/s1. The lowest BCUT2D eigenvalue weighted by atomic mass is 10.0. The summed E-state index contributed by atoms with van der Waals surface area (Å²) in [7, 11) is -3.38. The molecular formula is C25H31N3O6S. The Morgan fingerprint density at radius 3 is 2.69 bits per heavy atom. The zero-order valence-corrected chi connectivity index (χ0v) is 20.8. The molecule has 1 fully saturated rings. The Hall–Kier alpha value is -2.95. The number of anilines is 1. The van der Waals surface area contributed by atoms with E-state index in [-0.39, 0.29) is 31.1 Å². The first-order chi connectivity index (χ1) is 16.8. The summed E-state index contributed by atoms with van der Waals surface area (Å²) in [5.41, 5.74) is 2.66. The number of carbonyl (C=O) groups is 2. The zero-order valence-electron chi connectivity index (χ0n) is 20.0. The van der Waals surface area contributed by atoms with Crippen LogP contribution < -0.4 is 14.8 Å². The Morgan fingerprint density at radius 1 is 1.20 bits per heavy atom. The summed E-state index contributed by atoms with van der Waals surface area (Å²) >= 11 is 0. The maximum atomic E-state index is 13.6. The van der Waals surface area contributed by atoms with Crippen LogP contribution in [-0.2, 0) is 26.1 Å². The van der Waals surface area contributed by atoms with Crippen LogP contribution in [0.3, 0.4) is 0 Å². The van der Waals surface area contributed by atoms with Gasteiger partial charge in [-0.05, 0) is 55.5 Å². The van der Waals surface area contributed by atoms with Crippen molar-refractivity contribution < 1.29 is 27.5 Å². The first-order valence-corrected chi connectivity index (χ1v) is 13.6. The van der Waals surface area contributed by atoms with E-state index in [1.54, 1.807) is 17.0 Å². The summed E-state index contributed by atoms with van der Waals surface area (Å²) in [4.78, 5) is 27.7. The molecule has 2 N–H and O–H groups in total. The van der Waals surface area contributed by atoms with Crippen molar-refractivity contribution in [1.82, 2.24) is 9.62 Å². The summed E-state index contributed by atoms with van der Waals surface area (Å²) in [6, 6.07) is 12.4. The molecule has 10 heteroatoms. The van der Waals surface area contributed by atoms with Gasteiger partial charge in [0.05, 0.1) is 23.5 Å². The highest BCUT2D eigenvalue weighted by Crippen LogP contribution is 2.38. The third-order valence-corrected chi connectivity index (χ3v) is 6.81. The number of hydrogen-bond donors (Lipinski definition) is 2. The van der Waals surface area contributed by atoms with Gasteiger partial charge < -0.3 is 19.7 Å². The van der Waals surface area contributed by atoms with Gasteiger partial charge in [0.15, 0.2) is 6.79 Å². The van der Waals surface area contributed by atoms with Gasteiger partial charge in [0, 0.05) is 25.6 Å². The second-order valence-corrected chi connectivity index (χ2v) is 10.7. The van der Waals surface area contributed by atoms with Gasteiger partial charge in [-0.3, -0.25) is 9.59 Å². The lowest BCUT2D eigenvalue weighted by molar-refractivity contribution is -0.117. The van der Waals surface area contributed by atoms with Crippen molar-refractivity contribution in [3.05, 3.63) is 59.2 Å². The van der Waals surface area contributed by atoms with Gasteiger partial charge in [0.25, 0.3) is 5.91 Å². The van der Waals surface area contributed by atoms with Crippen molar-refractivity contribution in [3.63, 3.8) is 0 Å². The Morgan fingerprint density at radius 2 is 1.97 bits per heavy atom. The van der Waals surface area contributed by atoms with Gasteiger partial charge in [-0.25, -0.2) is 13.1 Å². The molecule has 1 saturated carbocycles. The minimum absolute atomic E-state index is 0.0210. The van der Waals surface area contributed by atoms with Crippen LogP contribution >= 0.6 is 0 Å². The van der Waals surface area contributed by atoms with E-state index in [1.165, 1.54) is 0 Å². The minimum atomic E-state index is -3.38. The van der Waals surface area contributed by atoms with Gasteiger partial charge in [0.2, 0.25) is 15.9 Å². The molecule has 1 aliphatic heterocycles. The number of hydrogen-bond acceptors (Lipinski definition) is 6. The molecule has 2 amide bonds. The fourth-order valence-electron chi connectivity index (χ4n) is 4.21. The molecule has 0 aromatic heterocycles. The number of rotatable bonds is 12. The van der Waals surface area contributed by atoms with Gasteiger partial charge >= 0.3 is 0 Å². The predicted molar refractivity (Wildman–Crippen MR) is 131 cm³/mol. The molecule has 1 aliphatic carbocycles. The van der Waals surface area contributed by atoms with Crippen LogP contribution in [0.1, 0.15) is 53.7 Å². The highest BCUT2D eigenvalue weighted by molar-refractivity contribution is 7.88. The maximum absolute atomic E-state index is 13.6. The SMILES string of the molecule is CCOCOc1cccc([C@@H](CCNS(C)(=O)=O)N2Cc3cccc(NC(=O)C4CC4)c3C2=O)c1. The van der Waals surface area contributed by atoms with Gasteiger partial charge in [-0.15, -0.1) is 0 Å². The predicted octanol–water partition coefficient (Wildman–Crippen LogP) is 3.04. The third-order valence-electron chi connectivity index (χ3n) is 6.09. The molecule has 1 atom stereocenters. The van der Waals surface area contributed by atoms with Gasteiger partial charge in [-0.1, -0.05) is 24.3 Å². The Kier molecular flexibility index (Phi) is 7.73. The van der Waals surface area contributed by atoms with Crippen molar-refractivity contribution >= 4 is 27.5 Å². The number of benzene rings is 2. The molecule has 2 aromatic rings. The number of amides is 2. The summed E-state index contributed by atoms with van der Waals surface area (Å²) < 4.78 is 36.8. The lowest BCUT2D eigenvalue weighted by Crippen LogP contribution is -2.33. The molecular weight excluding hydrogens is 470 g/mol. The fourth-order valence-corrected chi connectivity index (χ4v) is 4.70. The summed E-state index contributed by atoms with van der Waals surface area (Å²) in [5.74, 6) is 0.362. The number of nitrogens with one attached hydrogen (secondary N) is 2. The summed E-state index contributed by atoms with van der Waals surface area (Å²) in [6.07, 6.45) is 3.22. The minimum Gasteiger partial charge on any atom is -0.468 e. The van der Waals surface area contributed by atoms with E-state index in [2.05, 4.69) is 10.0 Å². The Balaban J connectivity index is 1.60. The largest absolute Gasteiger partial charge is 0.468 e. The van der Waals surface area contributed by atoms with E-state index in [0.717, 1.165) is 30.2 Å². The topological polar surface area (TPSA) is 114 Å². The van der Waals surface area contributed by atoms with Crippen LogP contribution in [0.4, 0.5) is 5.69 Å². The molecule has 4 rings (SSSR count). The molecule has 0 unspecified atom stereocenters. The van der Waals surface area contributed by atoms with Crippen LogP contribution in [0.25, 0.3) is 0 Å². The van der Waals surface area contributed by atoms with Crippen molar-refractivity contribution in [2.24, 2.45) is 5.92 Å². The van der Waals surface area contributed by atoms with Crippen molar-refractivity contribution in [2.45, 2.75) is 38.8 Å².